The second-order valence-electron chi connectivity index (χ2n) is 9.01. The number of carbonyl (C=O) groups is 2. The first-order valence-electron chi connectivity index (χ1n) is 12.1. The Balaban J connectivity index is 1.65. The summed E-state index contributed by atoms with van der Waals surface area (Å²) in [5.74, 6) is 0.0861. The topological polar surface area (TPSA) is 169 Å². The lowest BCUT2D eigenvalue weighted by atomic mass is 10.2. The molecular formula is C26H30N4O8S2. The highest BCUT2D eigenvalue weighted by Gasteiger charge is 2.19. The number of carbonyl (C=O) groups excluding carboxylic acids is 2. The van der Waals surface area contributed by atoms with E-state index in [1.54, 1.807) is 36.4 Å². The average molecular weight is 591 g/mol. The smallest absolute Gasteiger partial charge is 0.323 e. The van der Waals surface area contributed by atoms with E-state index in [1.165, 1.54) is 64.1 Å². The van der Waals surface area contributed by atoms with Crippen molar-refractivity contribution in [1.29, 1.82) is 0 Å². The van der Waals surface area contributed by atoms with Gasteiger partial charge < -0.3 is 29.6 Å². The number of rotatable bonds is 10. The van der Waals surface area contributed by atoms with Gasteiger partial charge in [-0.2, -0.15) is 16.8 Å². The molecule has 0 aliphatic carbocycles. The number of benzene rings is 3. The molecule has 0 saturated heterocycles. The number of hydrogen-bond donors (Lipinski definition) is 4. The Morgan fingerprint density at radius 3 is 1.30 bits per heavy atom. The van der Waals surface area contributed by atoms with Gasteiger partial charge in [0.1, 0.15) is 11.5 Å². The molecule has 3 aromatic carbocycles. The summed E-state index contributed by atoms with van der Waals surface area (Å²) >= 11 is 0. The second kappa shape index (κ2) is 12.7. The molecule has 0 unspecified atom stereocenters. The summed E-state index contributed by atoms with van der Waals surface area (Å²) in [7, 11) is -7.61. The van der Waals surface area contributed by atoms with Crippen LogP contribution in [-0.2, 0) is 20.2 Å². The number of urea groups is 2. The second-order valence-corrected chi connectivity index (χ2v) is 13.2. The van der Waals surface area contributed by atoms with Crippen LogP contribution in [0.3, 0.4) is 0 Å². The molecule has 0 radical (unpaired) electrons. The fraction of sp³-hybridized carbons (Fsp3) is 0.231. The summed E-state index contributed by atoms with van der Waals surface area (Å²) in [6, 6.07) is 16.9. The Labute approximate surface area is 233 Å². The van der Waals surface area contributed by atoms with Crippen LogP contribution in [0.15, 0.2) is 72.8 Å². The highest BCUT2D eigenvalue weighted by Crippen LogP contribution is 2.25. The summed E-state index contributed by atoms with van der Waals surface area (Å²) < 4.78 is 58.2. The van der Waals surface area contributed by atoms with Crippen molar-refractivity contribution in [3.8, 4) is 11.5 Å². The predicted octanol–water partition coefficient (Wildman–Crippen LogP) is 5.21. The molecule has 0 bridgehead atoms. The lowest BCUT2D eigenvalue weighted by Gasteiger charge is -2.15. The van der Waals surface area contributed by atoms with E-state index < -0.39 is 42.8 Å². The molecule has 4 amide bonds. The first-order valence-corrected chi connectivity index (χ1v) is 15.0. The third kappa shape index (κ3) is 8.61. The fourth-order valence-corrected chi connectivity index (χ4v) is 4.11. The van der Waals surface area contributed by atoms with Gasteiger partial charge in [0.2, 0.25) is 0 Å². The molecule has 0 aromatic heterocycles. The molecule has 0 fully saturated rings. The van der Waals surface area contributed by atoms with E-state index in [2.05, 4.69) is 21.3 Å². The van der Waals surface area contributed by atoms with Gasteiger partial charge in [0.25, 0.3) is 0 Å². The Hall–Kier alpha value is -4.30. The molecule has 0 aliphatic rings. The van der Waals surface area contributed by atoms with E-state index in [0.29, 0.717) is 0 Å². The maximum absolute atomic E-state index is 12.6. The van der Waals surface area contributed by atoms with Crippen LogP contribution in [0, 0.1) is 0 Å². The zero-order chi connectivity index (χ0) is 29.5. The quantitative estimate of drug-likeness (QED) is 0.233. The molecule has 3 aromatic rings. The maximum atomic E-state index is 12.6. The van der Waals surface area contributed by atoms with Gasteiger partial charge in [0.05, 0.1) is 21.9 Å². The van der Waals surface area contributed by atoms with Crippen LogP contribution in [0.1, 0.15) is 27.7 Å². The van der Waals surface area contributed by atoms with Gasteiger partial charge in [0, 0.05) is 23.5 Å². The molecule has 214 valence electrons. The van der Waals surface area contributed by atoms with Crippen LogP contribution in [0.4, 0.5) is 32.3 Å². The van der Waals surface area contributed by atoms with Crippen molar-refractivity contribution in [1.82, 2.24) is 0 Å². The van der Waals surface area contributed by atoms with Crippen molar-refractivity contribution in [2.75, 3.05) is 21.3 Å². The standard InChI is InChI=1S/C26H30N4O8S2/c1-17(2)39(33,34)37-21-11-7-9-19(15-21)27-25(31)29-23-13-5-6-14-24(23)30-26(32)28-20-10-8-12-22(16-20)38-40(35,36)18(3)4/h5-18H,1-4H3,(H2,27,29,31)(H2,28,30,32). The van der Waals surface area contributed by atoms with Gasteiger partial charge in [-0.3, -0.25) is 0 Å². The predicted molar refractivity (Wildman–Crippen MR) is 154 cm³/mol. The molecular weight excluding hydrogens is 560 g/mol. The fourth-order valence-electron chi connectivity index (χ4n) is 2.98. The number of para-hydroxylation sites is 2. The Morgan fingerprint density at radius 1 is 0.575 bits per heavy atom. The Morgan fingerprint density at radius 2 is 0.950 bits per heavy atom. The molecule has 14 heteroatoms. The highest BCUT2D eigenvalue weighted by atomic mass is 32.2. The summed E-state index contributed by atoms with van der Waals surface area (Å²) in [6.45, 7) is 5.96. The SMILES string of the molecule is CC(C)S(=O)(=O)Oc1cccc(NC(=O)Nc2ccccc2NC(=O)Nc2cccc(OS(=O)(=O)C(C)C)c2)c1. The van der Waals surface area contributed by atoms with Crippen molar-refractivity contribution in [2.24, 2.45) is 0 Å². The van der Waals surface area contributed by atoms with Crippen LogP contribution in [0.25, 0.3) is 0 Å². The average Bonchev–Trinajstić information content (AvgIpc) is 2.85. The summed E-state index contributed by atoms with van der Waals surface area (Å²) in [5, 5.41) is 8.92. The first-order chi connectivity index (χ1) is 18.7. The van der Waals surface area contributed by atoms with E-state index in [0.717, 1.165) is 0 Å². The summed E-state index contributed by atoms with van der Waals surface area (Å²) in [5.41, 5.74) is 1.09. The molecule has 40 heavy (non-hydrogen) atoms. The van der Waals surface area contributed by atoms with E-state index in [-0.39, 0.29) is 34.2 Å². The van der Waals surface area contributed by atoms with Gasteiger partial charge in [-0.15, -0.1) is 0 Å². The Bertz CT molecular complexity index is 1470. The first kappa shape index (κ1) is 30.2. The third-order valence-corrected chi connectivity index (χ3v) is 8.35. The normalized spacial score (nSPS) is 11.6. The van der Waals surface area contributed by atoms with Gasteiger partial charge in [-0.25, -0.2) is 9.59 Å². The summed E-state index contributed by atoms with van der Waals surface area (Å²) in [4.78, 5) is 25.3. The minimum atomic E-state index is -3.81. The number of hydrogen-bond acceptors (Lipinski definition) is 8. The van der Waals surface area contributed by atoms with Crippen molar-refractivity contribution < 1.29 is 34.8 Å². The number of amides is 4. The van der Waals surface area contributed by atoms with Crippen LogP contribution < -0.4 is 29.6 Å². The van der Waals surface area contributed by atoms with E-state index in [1.807, 2.05) is 0 Å². The molecule has 0 saturated carbocycles. The van der Waals surface area contributed by atoms with Gasteiger partial charge in [-0.1, -0.05) is 24.3 Å². The van der Waals surface area contributed by atoms with Crippen molar-refractivity contribution >= 4 is 55.0 Å². The Kier molecular flexibility index (Phi) is 9.60. The van der Waals surface area contributed by atoms with E-state index in [9.17, 15) is 26.4 Å². The third-order valence-electron chi connectivity index (χ3n) is 5.19. The number of anilines is 4. The zero-order valence-electron chi connectivity index (χ0n) is 22.2. The molecule has 0 atom stereocenters. The van der Waals surface area contributed by atoms with E-state index >= 15 is 0 Å². The minimum Gasteiger partial charge on any atom is -0.382 e. The van der Waals surface area contributed by atoms with Gasteiger partial charge >= 0.3 is 32.3 Å². The monoisotopic (exact) mass is 590 g/mol. The van der Waals surface area contributed by atoms with Crippen molar-refractivity contribution in [2.45, 2.75) is 38.2 Å². The molecule has 0 heterocycles. The van der Waals surface area contributed by atoms with Gasteiger partial charge in [-0.05, 0) is 64.1 Å². The van der Waals surface area contributed by atoms with Crippen LogP contribution in [-0.4, -0.2) is 39.4 Å². The molecule has 12 nitrogen and oxygen atoms in total. The lowest BCUT2D eigenvalue weighted by Crippen LogP contribution is -2.23. The van der Waals surface area contributed by atoms with Crippen molar-refractivity contribution in [3.63, 3.8) is 0 Å². The molecule has 4 N–H and O–H groups in total. The largest absolute Gasteiger partial charge is 0.382 e. The van der Waals surface area contributed by atoms with Gasteiger partial charge in [0.15, 0.2) is 0 Å². The summed E-state index contributed by atoms with van der Waals surface area (Å²) in [6.07, 6.45) is 0. The van der Waals surface area contributed by atoms with Crippen LogP contribution >= 0.6 is 0 Å². The molecule has 0 spiro atoms. The minimum absolute atomic E-state index is 0.0431. The highest BCUT2D eigenvalue weighted by molar-refractivity contribution is 7.87. The van der Waals surface area contributed by atoms with E-state index in [4.69, 9.17) is 8.37 Å². The van der Waals surface area contributed by atoms with Crippen LogP contribution in [0.2, 0.25) is 0 Å². The zero-order valence-corrected chi connectivity index (χ0v) is 23.8. The van der Waals surface area contributed by atoms with Crippen LogP contribution in [0.5, 0.6) is 11.5 Å². The lowest BCUT2D eigenvalue weighted by molar-refractivity contribution is 0.261. The molecule has 3 rings (SSSR count). The number of nitrogens with one attached hydrogen (secondary N) is 4. The van der Waals surface area contributed by atoms with Crippen molar-refractivity contribution in [3.05, 3.63) is 72.8 Å². The maximum Gasteiger partial charge on any atom is 0.323 e. The molecule has 0 aliphatic heterocycles.